The van der Waals surface area contributed by atoms with Gasteiger partial charge in [-0.15, -0.1) is 0 Å². The number of carbonyl (C=O) groups is 3. The van der Waals surface area contributed by atoms with Crippen molar-refractivity contribution in [3.8, 4) is 5.75 Å². The van der Waals surface area contributed by atoms with Crippen LogP contribution in [0.4, 0.5) is 0 Å². The molecule has 0 bridgehead atoms. The molecular weight excluding hydrogens is 677 g/mol. The molecule has 2 unspecified atom stereocenters. The molecule has 54 heavy (non-hydrogen) atoms. The van der Waals surface area contributed by atoms with E-state index in [-0.39, 0.29) is 25.2 Å². The van der Waals surface area contributed by atoms with Crippen LogP contribution in [0, 0.1) is 0 Å². The van der Waals surface area contributed by atoms with Crippen LogP contribution < -0.4 is 4.74 Å². The van der Waals surface area contributed by atoms with Gasteiger partial charge in [0, 0.05) is 12.8 Å². The number of hydrogen-bond acceptors (Lipinski definition) is 7. The molecule has 7 nitrogen and oxygen atoms in total. The van der Waals surface area contributed by atoms with Gasteiger partial charge in [0.2, 0.25) is 0 Å². The van der Waals surface area contributed by atoms with Crippen LogP contribution in [0.25, 0.3) is 10.8 Å². The first-order valence-electron chi connectivity index (χ1n) is 22.0. The fraction of sp³-hybridized carbons (Fsp3) is 0.723. The lowest BCUT2D eigenvalue weighted by Crippen LogP contribution is -2.31. The van der Waals surface area contributed by atoms with Gasteiger partial charge in [0.1, 0.15) is 19.0 Å². The lowest BCUT2D eigenvalue weighted by Gasteiger charge is -2.20. The maximum absolute atomic E-state index is 13.2. The number of ether oxygens (including phenoxy) is 4. The minimum Gasteiger partial charge on any atom is -0.497 e. The zero-order valence-corrected chi connectivity index (χ0v) is 34.8. The van der Waals surface area contributed by atoms with Crippen molar-refractivity contribution in [2.24, 2.45) is 0 Å². The summed E-state index contributed by atoms with van der Waals surface area (Å²) in [5, 5.41) is 2.02. The third-order valence-electron chi connectivity index (χ3n) is 10.5. The Kier molecular flexibility index (Phi) is 27.1. The van der Waals surface area contributed by atoms with Crippen LogP contribution in [-0.2, 0) is 28.6 Å². The topological polar surface area (TPSA) is 88.1 Å². The molecule has 2 rings (SSSR count). The quantitative estimate of drug-likeness (QED) is 0.0399. The number of esters is 3. The number of unbranched alkanes of at least 4 members (excludes halogenated alkanes) is 22. The number of hydrogen-bond donors (Lipinski definition) is 0. The molecule has 0 saturated carbocycles. The Labute approximate surface area is 329 Å². The first kappa shape index (κ1) is 47.1. The van der Waals surface area contributed by atoms with Gasteiger partial charge >= 0.3 is 17.9 Å². The van der Waals surface area contributed by atoms with E-state index in [4.69, 9.17) is 18.9 Å². The maximum atomic E-state index is 13.2. The number of methoxy groups -OCH3 is 1. The molecule has 0 aliphatic carbocycles. The van der Waals surface area contributed by atoms with Crippen molar-refractivity contribution in [2.75, 3.05) is 20.3 Å². The van der Waals surface area contributed by atoms with E-state index in [0.717, 1.165) is 60.6 Å². The van der Waals surface area contributed by atoms with Crippen molar-refractivity contribution < 1.29 is 33.3 Å². The second-order valence-corrected chi connectivity index (χ2v) is 15.4. The number of rotatable bonds is 34. The summed E-state index contributed by atoms with van der Waals surface area (Å²) in [7, 11) is 1.64. The van der Waals surface area contributed by atoms with E-state index in [1.807, 2.05) is 36.4 Å². The highest BCUT2D eigenvalue weighted by molar-refractivity contribution is 5.86. The average Bonchev–Trinajstić information content (AvgIpc) is 3.18. The third kappa shape index (κ3) is 22.3. The fourth-order valence-electron chi connectivity index (χ4n) is 6.91. The second-order valence-electron chi connectivity index (χ2n) is 15.4. The van der Waals surface area contributed by atoms with Gasteiger partial charge in [0.15, 0.2) is 6.10 Å². The molecule has 0 spiro atoms. The molecule has 0 heterocycles. The molecule has 2 aromatic carbocycles. The first-order chi connectivity index (χ1) is 26.4. The van der Waals surface area contributed by atoms with E-state index in [0.29, 0.717) is 12.8 Å². The molecule has 0 saturated heterocycles. The summed E-state index contributed by atoms with van der Waals surface area (Å²) < 4.78 is 22.3. The van der Waals surface area contributed by atoms with E-state index >= 15 is 0 Å². The van der Waals surface area contributed by atoms with Crippen LogP contribution in [0.1, 0.15) is 199 Å². The third-order valence-corrected chi connectivity index (χ3v) is 10.5. The van der Waals surface area contributed by atoms with Gasteiger partial charge in [-0.3, -0.25) is 14.4 Å². The largest absolute Gasteiger partial charge is 0.497 e. The molecule has 306 valence electrons. The summed E-state index contributed by atoms with van der Waals surface area (Å²) in [4.78, 5) is 38.6. The zero-order valence-electron chi connectivity index (χ0n) is 34.8. The van der Waals surface area contributed by atoms with Gasteiger partial charge < -0.3 is 18.9 Å². The minimum absolute atomic E-state index is 0.124. The molecular formula is C47H76O7. The van der Waals surface area contributed by atoms with Crippen molar-refractivity contribution in [1.82, 2.24) is 0 Å². The van der Waals surface area contributed by atoms with Crippen LogP contribution in [-0.4, -0.2) is 44.3 Å². The van der Waals surface area contributed by atoms with Gasteiger partial charge in [0.05, 0.1) is 13.0 Å². The Hall–Kier alpha value is -3.09. The van der Waals surface area contributed by atoms with Gasteiger partial charge in [-0.25, -0.2) is 0 Å². The molecule has 0 N–H and O–H groups in total. The lowest BCUT2D eigenvalue weighted by atomic mass is 9.98. The summed E-state index contributed by atoms with van der Waals surface area (Å²) in [6.07, 6.45) is 29.1. The van der Waals surface area contributed by atoms with Gasteiger partial charge in [-0.1, -0.05) is 179 Å². The summed E-state index contributed by atoms with van der Waals surface area (Å²) >= 11 is 0. The minimum atomic E-state index is -0.846. The van der Waals surface area contributed by atoms with Gasteiger partial charge in [-0.2, -0.15) is 0 Å². The molecule has 2 aromatic rings. The van der Waals surface area contributed by atoms with E-state index < -0.39 is 18.0 Å². The number of fused-ring (bicyclic) bond motifs is 1. The van der Waals surface area contributed by atoms with Crippen LogP contribution >= 0.6 is 0 Å². The van der Waals surface area contributed by atoms with Gasteiger partial charge in [0.25, 0.3) is 0 Å². The summed E-state index contributed by atoms with van der Waals surface area (Å²) in [5.41, 5.74) is 0.826. The van der Waals surface area contributed by atoms with Crippen molar-refractivity contribution in [3.63, 3.8) is 0 Å². The highest BCUT2D eigenvalue weighted by Crippen LogP contribution is 2.26. The zero-order chi connectivity index (χ0) is 39.1. The van der Waals surface area contributed by atoms with Crippen molar-refractivity contribution in [2.45, 2.75) is 200 Å². The summed E-state index contributed by atoms with van der Waals surface area (Å²) in [5.74, 6) is -0.832. The SMILES string of the molecule is CCCCCCCCCCCCCCC(=O)OCC(COC(=O)C(C)c1ccc2cc(OC)ccc2c1)OC(=O)CCCCCCCCCCCCCC. The number of benzene rings is 2. The molecule has 7 heteroatoms. The molecule has 0 amide bonds. The Morgan fingerprint density at radius 3 is 1.44 bits per heavy atom. The van der Waals surface area contributed by atoms with Crippen molar-refractivity contribution >= 4 is 28.7 Å². The maximum Gasteiger partial charge on any atom is 0.313 e. The van der Waals surface area contributed by atoms with E-state index in [1.165, 1.54) is 116 Å². The van der Waals surface area contributed by atoms with E-state index in [1.54, 1.807) is 14.0 Å². The monoisotopic (exact) mass is 753 g/mol. The molecule has 0 aromatic heterocycles. The van der Waals surface area contributed by atoms with Gasteiger partial charge in [-0.05, 0) is 48.2 Å². The summed E-state index contributed by atoms with van der Waals surface area (Å²) in [6, 6.07) is 11.7. The van der Waals surface area contributed by atoms with E-state index in [2.05, 4.69) is 13.8 Å². The molecule has 0 radical (unpaired) electrons. The molecule has 0 aliphatic rings. The Balaban J connectivity index is 1.76. The first-order valence-corrected chi connectivity index (χ1v) is 22.0. The van der Waals surface area contributed by atoms with Crippen LogP contribution in [0.3, 0.4) is 0 Å². The molecule has 0 aliphatic heterocycles. The second kappa shape index (κ2) is 31.2. The normalized spacial score (nSPS) is 12.4. The average molecular weight is 753 g/mol. The van der Waals surface area contributed by atoms with Crippen LogP contribution in [0.15, 0.2) is 36.4 Å². The van der Waals surface area contributed by atoms with Crippen LogP contribution in [0.5, 0.6) is 5.75 Å². The Morgan fingerprint density at radius 2 is 0.944 bits per heavy atom. The fourth-order valence-corrected chi connectivity index (χ4v) is 6.91. The Morgan fingerprint density at radius 1 is 0.519 bits per heavy atom. The van der Waals surface area contributed by atoms with Crippen molar-refractivity contribution in [1.29, 1.82) is 0 Å². The highest BCUT2D eigenvalue weighted by Gasteiger charge is 2.23. The predicted molar refractivity (Wildman–Crippen MR) is 222 cm³/mol. The standard InChI is InChI=1S/C47H76O7/c1-5-7-9-11-13-15-17-19-21-23-25-27-29-45(48)52-37-44(54-46(49)30-28-26-24-22-20-18-16-14-12-10-8-6-2)38-53-47(50)39(3)40-31-32-42-36-43(51-4)34-33-41(42)35-40/h31-36,39,44H,5-30,37-38H2,1-4H3. The Bertz CT molecular complexity index is 1270. The lowest BCUT2D eigenvalue weighted by molar-refractivity contribution is -0.167. The number of carbonyl (C=O) groups excluding carboxylic acids is 3. The van der Waals surface area contributed by atoms with Crippen molar-refractivity contribution in [3.05, 3.63) is 42.0 Å². The molecule has 2 atom stereocenters. The van der Waals surface area contributed by atoms with Crippen LogP contribution in [0.2, 0.25) is 0 Å². The smallest absolute Gasteiger partial charge is 0.313 e. The predicted octanol–water partition coefficient (Wildman–Crippen LogP) is 13.1. The highest BCUT2D eigenvalue weighted by atomic mass is 16.6. The summed E-state index contributed by atoms with van der Waals surface area (Å²) in [6.45, 7) is 6.02. The molecule has 0 fully saturated rings. The van der Waals surface area contributed by atoms with E-state index in [9.17, 15) is 14.4 Å².